The average molecular weight is 339 g/mol. The van der Waals surface area contributed by atoms with Crippen molar-refractivity contribution in [3.63, 3.8) is 0 Å². The molecule has 0 aliphatic rings. The normalized spacial score (nSPS) is 10.0. The lowest BCUT2D eigenvalue weighted by molar-refractivity contribution is -0.116. The molecule has 0 heterocycles. The topological polar surface area (TPSA) is 87.3 Å². The molecule has 0 aromatic heterocycles. The Bertz CT molecular complexity index is 752. The predicted molar refractivity (Wildman–Crippen MR) is 96.1 cm³/mol. The van der Waals surface area contributed by atoms with Crippen LogP contribution in [0.15, 0.2) is 48.5 Å². The minimum absolute atomic E-state index is 0.0648. The minimum atomic E-state index is -0.438. The fraction of sp³-hybridized carbons (Fsp3) is 0.211. The van der Waals surface area contributed by atoms with Crippen LogP contribution in [0.25, 0.3) is 0 Å². The number of aryl methyl sites for hydroxylation is 1. The highest BCUT2D eigenvalue weighted by atomic mass is 16.2. The van der Waals surface area contributed by atoms with E-state index in [-0.39, 0.29) is 5.91 Å². The maximum atomic E-state index is 12.1. The van der Waals surface area contributed by atoms with Gasteiger partial charge in [0.25, 0.3) is 11.8 Å². The first-order valence-corrected chi connectivity index (χ1v) is 8.07. The molecule has 3 amide bonds. The second kappa shape index (κ2) is 8.63. The van der Waals surface area contributed by atoms with Crippen molar-refractivity contribution in [1.82, 2.24) is 10.9 Å². The van der Waals surface area contributed by atoms with Gasteiger partial charge in [-0.1, -0.05) is 24.6 Å². The minimum Gasteiger partial charge on any atom is -0.326 e. The first-order chi connectivity index (χ1) is 12.0. The molecule has 0 saturated heterocycles. The van der Waals surface area contributed by atoms with Crippen LogP contribution >= 0.6 is 0 Å². The van der Waals surface area contributed by atoms with Crippen molar-refractivity contribution in [2.75, 3.05) is 5.32 Å². The first kappa shape index (κ1) is 18.2. The van der Waals surface area contributed by atoms with E-state index in [4.69, 9.17) is 0 Å². The summed E-state index contributed by atoms with van der Waals surface area (Å²) >= 11 is 0. The molecule has 130 valence electrons. The Labute approximate surface area is 146 Å². The zero-order valence-electron chi connectivity index (χ0n) is 14.3. The molecular weight excluding hydrogens is 318 g/mol. The maximum Gasteiger partial charge on any atom is 0.269 e. The SMILES string of the molecule is CCCC(=O)Nc1ccc(C(=O)NNC(=O)c2ccc(C)cc2)cc1. The lowest BCUT2D eigenvalue weighted by Gasteiger charge is -2.09. The molecule has 2 rings (SSSR count). The van der Waals surface area contributed by atoms with Crippen molar-refractivity contribution in [3.05, 3.63) is 65.2 Å². The summed E-state index contributed by atoms with van der Waals surface area (Å²) in [5.41, 5.74) is 7.24. The number of amides is 3. The Morgan fingerprint density at radius 3 is 1.76 bits per heavy atom. The third-order valence-corrected chi connectivity index (χ3v) is 3.51. The zero-order chi connectivity index (χ0) is 18.2. The van der Waals surface area contributed by atoms with Gasteiger partial charge in [-0.05, 0) is 49.7 Å². The number of hydrazine groups is 1. The van der Waals surface area contributed by atoms with Crippen LogP contribution in [-0.2, 0) is 4.79 Å². The third kappa shape index (κ3) is 5.46. The molecule has 0 aliphatic carbocycles. The van der Waals surface area contributed by atoms with E-state index in [1.807, 2.05) is 26.0 Å². The standard InChI is InChI=1S/C19H21N3O3/c1-3-4-17(23)20-16-11-9-15(10-12-16)19(25)22-21-18(24)14-7-5-13(2)6-8-14/h5-12H,3-4H2,1-2H3,(H,20,23)(H,21,24)(H,22,25). The van der Waals surface area contributed by atoms with Gasteiger partial charge >= 0.3 is 0 Å². The largest absolute Gasteiger partial charge is 0.326 e. The number of hydrogen-bond acceptors (Lipinski definition) is 3. The molecule has 0 fully saturated rings. The van der Waals surface area contributed by atoms with Gasteiger partial charge in [0, 0.05) is 23.2 Å². The molecule has 6 nitrogen and oxygen atoms in total. The zero-order valence-corrected chi connectivity index (χ0v) is 14.3. The van der Waals surface area contributed by atoms with Gasteiger partial charge in [-0.15, -0.1) is 0 Å². The molecule has 25 heavy (non-hydrogen) atoms. The Hall–Kier alpha value is -3.15. The van der Waals surface area contributed by atoms with E-state index in [1.54, 1.807) is 36.4 Å². The van der Waals surface area contributed by atoms with Crippen LogP contribution < -0.4 is 16.2 Å². The van der Waals surface area contributed by atoms with E-state index in [2.05, 4.69) is 16.2 Å². The smallest absolute Gasteiger partial charge is 0.269 e. The van der Waals surface area contributed by atoms with Crippen molar-refractivity contribution in [3.8, 4) is 0 Å². The van der Waals surface area contributed by atoms with E-state index >= 15 is 0 Å². The van der Waals surface area contributed by atoms with Crippen molar-refractivity contribution in [2.45, 2.75) is 26.7 Å². The lowest BCUT2D eigenvalue weighted by atomic mass is 10.1. The quantitative estimate of drug-likeness (QED) is 0.732. The summed E-state index contributed by atoms with van der Waals surface area (Å²) in [7, 11) is 0. The fourth-order valence-corrected chi connectivity index (χ4v) is 2.12. The van der Waals surface area contributed by atoms with Crippen LogP contribution in [0.3, 0.4) is 0 Å². The predicted octanol–water partition coefficient (Wildman–Crippen LogP) is 2.81. The van der Waals surface area contributed by atoms with Crippen LogP contribution in [0.5, 0.6) is 0 Å². The molecule has 2 aromatic rings. The highest BCUT2D eigenvalue weighted by Gasteiger charge is 2.09. The Morgan fingerprint density at radius 2 is 1.28 bits per heavy atom. The molecular formula is C19H21N3O3. The molecule has 0 aliphatic heterocycles. The number of carbonyl (C=O) groups is 3. The third-order valence-electron chi connectivity index (χ3n) is 3.51. The van der Waals surface area contributed by atoms with E-state index < -0.39 is 11.8 Å². The summed E-state index contributed by atoms with van der Waals surface area (Å²) in [5, 5.41) is 2.74. The van der Waals surface area contributed by atoms with Crippen LogP contribution in [0.2, 0.25) is 0 Å². The number of carbonyl (C=O) groups excluding carboxylic acids is 3. The second-order valence-corrected chi connectivity index (χ2v) is 5.65. The van der Waals surface area contributed by atoms with Gasteiger partial charge in [-0.2, -0.15) is 0 Å². The van der Waals surface area contributed by atoms with E-state index in [9.17, 15) is 14.4 Å². The number of benzene rings is 2. The van der Waals surface area contributed by atoms with Crippen LogP contribution in [-0.4, -0.2) is 17.7 Å². The van der Waals surface area contributed by atoms with Gasteiger partial charge in [-0.25, -0.2) is 0 Å². The fourth-order valence-electron chi connectivity index (χ4n) is 2.12. The maximum absolute atomic E-state index is 12.1. The number of rotatable bonds is 5. The molecule has 0 spiro atoms. The molecule has 3 N–H and O–H groups in total. The summed E-state index contributed by atoms with van der Waals surface area (Å²) in [5.74, 6) is -0.895. The van der Waals surface area contributed by atoms with E-state index in [1.165, 1.54) is 0 Å². The first-order valence-electron chi connectivity index (χ1n) is 8.07. The van der Waals surface area contributed by atoms with Crippen LogP contribution in [0.4, 0.5) is 5.69 Å². The summed E-state index contributed by atoms with van der Waals surface area (Å²) in [6.45, 7) is 3.86. The van der Waals surface area contributed by atoms with Crippen molar-refractivity contribution in [1.29, 1.82) is 0 Å². The molecule has 6 heteroatoms. The highest BCUT2D eigenvalue weighted by Crippen LogP contribution is 2.10. The molecule has 0 radical (unpaired) electrons. The molecule has 0 bridgehead atoms. The molecule has 2 aromatic carbocycles. The summed E-state index contributed by atoms with van der Waals surface area (Å²) in [6.07, 6.45) is 1.22. The summed E-state index contributed by atoms with van der Waals surface area (Å²) < 4.78 is 0. The molecule has 0 saturated carbocycles. The Morgan fingerprint density at radius 1 is 0.800 bits per heavy atom. The molecule has 0 atom stereocenters. The van der Waals surface area contributed by atoms with Crippen molar-refractivity contribution >= 4 is 23.4 Å². The average Bonchev–Trinajstić information content (AvgIpc) is 2.61. The van der Waals surface area contributed by atoms with Crippen molar-refractivity contribution in [2.24, 2.45) is 0 Å². The number of anilines is 1. The van der Waals surface area contributed by atoms with Crippen LogP contribution in [0.1, 0.15) is 46.0 Å². The Balaban J connectivity index is 1.89. The number of hydrogen-bond donors (Lipinski definition) is 3. The Kier molecular flexibility index (Phi) is 6.28. The van der Waals surface area contributed by atoms with Gasteiger partial charge < -0.3 is 5.32 Å². The summed E-state index contributed by atoms with van der Waals surface area (Å²) in [4.78, 5) is 35.5. The highest BCUT2D eigenvalue weighted by molar-refractivity contribution is 5.99. The van der Waals surface area contributed by atoms with Gasteiger partial charge in [-0.3, -0.25) is 25.2 Å². The lowest BCUT2D eigenvalue weighted by Crippen LogP contribution is -2.41. The van der Waals surface area contributed by atoms with Gasteiger partial charge in [0.15, 0.2) is 0 Å². The number of nitrogens with one attached hydrogen (secondary N) is 3. The van der Waals surface area contributed by atoms with E-state index in [0.717, 1.165) is 12.0 Å². The molecule has 0 unspecified atom stereocenters. The van der Waals surface area contributed by atoms with Crippen molar-refractivity contribution < 1.29 is 14.4 Å². The van der Waals surface area contributed by atoms with Gasteiger partial charge in [0.05, 0.1) is 0 Å². The van der Waals surface area contributed by atoms with Gasteiger partial charge in [0.2, 0.25) is 5.91 Å². The van der Waals surface area contributed by atoms with Crippen LogP contribution in [0, 0.1) is 6.92 Å². The monoisotopic (exact) mass is 339 g/mol. The summed E-state index contributed by atoms with van der Waals surface area (Å²) in [6, 6.07) is 13.5. The van der Waals surface area contributed by atoms with Gasteiger partial charge in [0.1, 0.15) is 0 Å². The second-order valence-electron chi connectivity index (χ2n) is 5.65. The van der Waals surface area contributed by atoms with E-state index in [0.29, 0.717) is 23.2 Å².